The number of aromatic carboxylic acids is 1. The van der Waals surface area contributed by atoms with E-state index in [0.29, 0.717) is 0 Å². The number of hydrogen-bond acceptors (Lipinski definition) is 3. The van der Waals surface area contributed by atoms with E-state index in [-0.39, 0.29) is 5.69 Å². The molecule has 1 aliphatic heterocycles. The molecule has 2 heterocycles. The number of aromatic nitrogens is 1. The average Bonchev–Trinajstić information content (AvgIpc) is 2.89. The maximum atomic E-state index is 10.9. The first-order valence-corrected chi connectivity index (χ1v) is 6.19. The van der Waals surface area contributed by atoms with Gasteiger partial charge in [-0.15, -0.1) is 0 Å². The molecule has 2 atom stereocenters. The molecule has 90 valence electrons. The molecule has 2 unspecified atom stereocenters. The molecule has 3 rings (SSSR count). The molecule has 4 nitrogen and oxygen atoms in total. The molecule has 1 aliphatic carbocycles. The Hall–Kier alpha value is -1.58. The highest BCUT2D eigenvalue weighted by atomic mass is 16.4. The molecule has 0 radical (unpaired) electrons. The Labute approximate surface area is 100 Å². The number of pyridine rings is 1. The number of carboxylic acid groups (broad SMARTS) is 1. The molecular formula is C13H16N2O2. The summed E-state index contributed by atoms with van der Waals surface area (Å²) in [7, 11) is 0. The highest BCUT2D eigenvalue weighted by Gasteiger charge is 2.36. The topological polar surface area (TPSA) is 53.4 Å². The maximum absolute atomic E-state index is 10.9. The van der Waals surface area contributed by atoms with Crippen molar-refractivity contribution in [3.05, 3.63) is 23.9 Å². The lowest BCUT2D eigenvalue weighted by molar-refractivity contribution is 0.0690. The number of rotatable bonds is 2. The summed E-state index contributed by atoms with van der Waals surface area (Å²) < 4.78 is 0. The molecule has 17 heavy (non-hydrogen) atoms. The average molecular weight is 232 g/mol. The van der Waals surface area contributed by atoms with E-state index in [1.54, 1.807) is 12.1 Å². The second-order valence-electron chi connectivity index (χ2n) is 5.04. The highest BCUT2D eigenvalue weighted by molar-refractivity contribution is 5.85. The lowest BCUT2D eigenvalue weighted by atomic mass is 10.0. The van der Waals surface area contributed by atoms with Gasteiger partial charge in [-0.1, -0.05) is 12.5 Å². The molecule has 0 aromatic carbocycles. The number of hydrogen-bond donors (Lipinski definition) is 1. The van der Waals surface area contributed by atoms with Crippen molar-refractivity contribution >= 4 is 11.8 Å². The van der Waals surface area contributed by atoms with Crippen LogP contribution in [0.25, 0.3) is 0 Å². The van der Waals surface area contributed by atoms with E-state index in [1.807, 2.05) is 6.07 Å². The fraction of sp³-hybridized carbons (Fsp3) is 0.538. The number of carboxylic acids is 1. The van der Waals surface area contributed by atoms with Crippen molar-refractivity contribution in [2.75, 3.05) is 18.0 Å². The molecule has 2 aliphatic rings. The number of carbonyl (C=O) groups is 1. The molecule has 0 spiro atoms. The standard InChI is InChI=1S/C13H16N2O2/c16-13(17)11-5-2-6-12(14-11)15-7-9-3-1-4-10(9)8-15/h2,5-6,9-10H,1,3-4,7-8H2,(H,16,17). The van der Waals surface area contributed by atoms with Crippen molar-refractivity contribution in [1.82, 2.24) is 4.98 Å². The van der Waals surface area contributed by atoms with Crippen molar-refractivity contribution < 1.29 is 9.90 Å². The summed E-state index contributed by atoms with van der Waals surface area (Å²) in [6.07, 6.45) is 3.99. The molecule has 1 aromatic heterocycles. The van der Waals surface area contributed by atoms with Crippen LogP contribution in [-0.2, 0) is 0 Å². The van der Waals surface area contributed by atoms with E-state index >= 15 is 0 Å². The molecule has 0 bridgehead atoms. The smallest absolute Gasteiger partial charge is 0.354 e. The fourth-order valence-electron chi connectivity index (χ4n) is 3.14. The summed E-state index contributed by atoms with van der Waals surface area (Å²) in [5.74, 6) is 1.46. The van der Waals surface area contributed by atoms with Crippen LogP contribution in [0.5, 0.6) is 0 Å². The lowest BCUT2D eigenvalue weighted by Crippen LogP contribution is -2.22. The molecule has 0 amide bonds. The van der Waals surface area contributed by atoms with Gasteiger partial charge in [0.15, 0.2) is 5.69 Å². The van der Waals surface area contributed by atoms with E-state index in [4.69, 9.17) is 5.11 Å². The minimum absolute atomic E-state index is 0.138. The van der Waals surface area contributed by atoms with Crippen LogP contribution in [-0.4, -0.2) is 29.1 Å². The van der Waals surface area contributed by atoms with Crippen molar-refractivity contribution in [2.45, 2.75) is 19.3 Å². The molecule has 2 fully saturated rings. The van der Waals surface area contributed by atoms with Gasteiger partial charge in [-0.25, -0.2) is 9.78 Å². The van der Waals surface area contributed by atoms with E-state index in [2.05, 4.69) is 9.88 Å². The quantitative estimate of drug-likeness (QED) is 0.847. The first-order valence-electron chi connectivity index (χ1n) is 6.19. The van der Waals surface area contributed by atoms with Crippen LogP contribution in [0.4, 0.5) is 5.82 Å². The van der Waals surface area contributed by atoms with Gasteiger partial charge in [0.25, 0.3) is 0 Å². The minimum atomic E-state index is -0.953. The van der Waals surface area contributed by atoms with Crippen LogP contribution in [0.15, 0.2) is 18.2 Å². The van der Waals surface area contributed by atoms with Crippen molar-refractivity contribution in [1.29, 1.82) is 0 Å². The number of fused-ring (bicyclic) bond motifs is 1. The minimum Gasteiger partial charge on any atom is -0.477 e. The van der Waals surface area contributed by atoms with Gasteiger partial charge in [0.2, 0.25) is 0 Å². The van der Waals surface area contributed by atoms with Crippen LogP contribution in [0.1, 0.15) is 29.8 Å². The second kappa shape index (κ2) is 4.02. The normalized spacial score (nSPS) is 27.2. The summed E-state index contributed by atoms with van der Waals surface area (Å²) in [6, 6.07) is 5.23. The first kappa shape index (κ1) is 10.6. The van der Waals surface area contributed by atoms with Crippen LogP contribution in [0.3, 0.4) is 0 Å². The molecule has 1 saturated carbocycles. The van der Waals surface area contributed by atoms with Gasteiger partial charge in [0.1, 0.15) is 5.82 Å². The third-order valence-electron chi connectivity index (χ3n) is 4.00. The molecule has 1 saturated heterocycles. The Balaban J connectivity index is 1.81. The van der Waals surface area contributed by atoms with Gasteiger partial charge < -0.3 is 10.0 Å². The number of anilines is 1. The number of nitrogens with zero attached hydrogens (tertiary/aromatic N) is 2. The Kier molecular flexibility index (Phi) is 2.50. The monoisotopic (exact) mass is 232 g/mol. The van der Waals surface area contributed by atoms with Crippen molar-refractivity contribution in [2.24, 2.45) is 11.8 Å². The maximum Gasteiger partial charge on any atom is 0.354 e. The Morgan fingerprint density at radius 2 is 2.00 bits per heavy atom. The van der Waals surface area contributed by atoms with Crippen molar-refractivity contribution in [3.63, 3.8) is 0 Å². The summed E-state index contributed by atoms with van der Waals surface area (Å²) in [5.41, 5.74) is 0.138. The second-order valence-corrected chi connectivity index (χ2v) is 5.04. The van der Waals surface area contributed by atoms with E-state index in [9.17, 15) is 4.79 Å². The Bertz CT molecular complexity index is 435. The fourth-order valence-corrected chi connectivity index (χ4v) is 3.14. The zero-order valence-electron chi connectivity index (χ0n) is 9.67. The lowest BCUT2D eigenvalue weighted by Gasteiger charge is -2.18. The van der Waals surface area contributed by atoms with Gasteiger partial charge in [0, 0.05) is 13.1 Å². The van der Waals surface area contributed by atoms with Crippen molar-refractivity contribution in [3.8, 4) is 0 Å². The van der Waals surface area contributed by atoms with Gasteiger partial charge >= 0.3 is 5.97 Å². The molecule has 4 heteroatoms. The third kappa shape index (κ3) is 1.88. The van der Waals surface area contributed by atoms with Gasteiger partial charge in [0.05, 0.1) is 0 Å². The summed E-state index contributed by atoms with van der Waals surface area (Å²) in [4.78, 5) is 17.3. The predicted octanol–water partition coefficient (Wildman–Crippen LogP) is 2.02. The zero-order valence-corrected chi connectivity index (χ0v) is 9.67. The summed E-state index contributed by atoms with van der Waals surface area (Å²) >= 11 is 0. The molecule has 1 N–H and O–H groups in total. The SMILES string of the molecule is O=C(O)c1cccc(N2CC3CCCC3C2)n1. The zero-order chi connectivity index (χ0) is 11.8. The molecular weight excluding hydrogens is 216 g/mol. The summed E-state index contributed by atoms with van der Waals surface area (Å²) in [6.45, 7) is 2.08. The third-order valence-corrected chi connectivity index (χ3v) is 4.00. The summed E-state index contributed by atoms with van der Waals surface area (Å²) in [5, 5.41) is 8.93. The van der Waals surface area contributed by atoms with Crippen LogP contribution in [0.2, 0.25) is 0 Å². The largest absolute Gasteiger partial charge is 0.477 e. The predicted molar refractivity (Wildman–Crippen MR) is 64.2 cm³/mol. The Morgan fingerprint density at radius 3 is 2.65 bits per heavy atom. The molecule has 1 aromatic rings. The van der Waals surface area contributed by atoms with E-state index in [1.165, 1.54) is 19.3 Å². The van der Waals surface area contributed by atoms with Crippen LogP contribution in [0, 0.1) is 11.8 Å². The van der Waals surface area contributed by atoms with Crippen LogP contribution < -0.4 is 4.90 Å². The van der Waals surface area contributed by atoms with Gasteiger partial charge in [-0.05, 0) is 36.8 Å². The van der Waals surface area contributed by atoms with Gasteiger partial charge in [-0.2, -0.15) is 0 Å². The first-order chi connectivity index (χ1) is 8.24. The highest BCUT2D eigenvalue weighted by Crippen LogP contribution is 2.38. The van der Waals surface area contributed by atoms with Gasteiger partial charge in [-0.3, -0.25) is 0 Å². The van der Waals surface area contributed by atoms with E-state index in [0.717, 1.165) is 30.7 Å². The van der Waals surface area contributed by atoms with E-state index < -0.39 is 5.97 Å². The Morgan fingerprint density at radius 1 is 1.29 bits per heavy atom. The van der Waals surface area contributed by atoms with Crippen LogP contribution >= 0.6 is 0 Å².